The van der Waals surface area contributed by atoms with Crippen molar-refractivity contribution in [2.45, 2.75) is 43.3 Å². The van der Waals surface area contributed by atoms with Crippen molar-refractivity contribution in [2.75, 3.05) is 4.90 Å². The third kappa shape index (κ3) is 2.36. The maximum absolute atomic E-state index is 13.2. The second-order valence-electron chi connectivity index (χ2n) is 6.37. The largest absolute Gasteiger partial charge is 0.319 e. The van der Waals surface area contributed by atoms with Crippen LogP contribution in [0.5, 0.6) is 0 Å². The molecular formula is C17H18ClN3O2S. The highest BCUT2D eigenvalue weighted by Gasteiger charge is 2.40. The topological polar surface area (TPSA) is 54.7 Å². The Morgan fingerprint density at radius 2 is 1.83 bits per heavy atom. The van der Waals surface area contributed by atoms with Gasteiger partial charge in [0.25, 0.3) is 10.0 Å². The van der Waals surface area contributed by atoms with Gasteiger partial charge in [0.2, 0.25) is 0 Å². The number of aliphatic imine (C=N–C) groups is 1. The van der Waals surface area contributed by atoms with Crippen LogP contribution in [0.2, 0.25) is 0 Å². The van der Waals surface area contributed by atoms with Gasteiger partial charge in [-0.1, -0.05) is 29.3 Å². The number of hydrogen-bond donors (Lipinski definition) is 0. The lowest BCUT2D eigenvalue weighted by Crippen LogP contribution is -2.38. The molecular weight excluding hydrogens is 346 g/mol. The van der Waals surface area contributed by atoms with Gasteiger partial charge in [-0.05, 0) is 44.9 Å². The van der Waals surface area contributed by atoms with E-state index in [2.05, 4.69) is 4.99 Å². The molecule has 2 aromatic rings. The Balaban J connectivity index is 1.92. The first kappa shape index (κ1) is 15.7. The number of anilines is 1. The third-order valence-corrected chi connectivity index (χ3v) is 6.58. The summed E-state index contributed by atoms with van der Waals surface area (Å²) in [5, 5.41) is 0. The van der Waals surface area contributed by atoms with Crippen LogP contribution in [0.25, 0.3) is 0 Å². The van der Waals surface area contributed by atoms with Crippen LogP contribution in [0.1, 0.15) is 29.7 Å². The molecule has 0 radical (unpaired) electrons. The standard InChI is InChI=1S/C17H18ClN3O2S/c1-11-3-7-15(8-4-11)24(22,23)21-12(2)9-13-10-19-17(18)20(16(13)21)14-5-6-14/h3-4,7-10,14,17H,5-6H2,1-2H3. The van der Waals surface area contributed by atoms with Crippen LogP contribution >= 0.6 is 11.6 Å². The number of alkyl halides is 1. The molecule has 1 aliphatic carbocycles. The Hall–Kier alpha value is -1.79. The summed E-state index contributed by atoms with van der Waals surface area (Å²) >= 11 is 6.36. The van der Waals surface area contributed by atoms with Gasteiger partial charge in [-0.25, -0.2) is 12.4 Å². The molecule has 1 atom stereocenters. The summed E-state index contributed by atoms with van der Waals surface area (Å²) in [7, 11) is -3.69. The van der Waals surface area contributed by atoms with E-state index in [1.807, 2.05) is 30.0 Å². The van der Waals surface area contributed by atoms with Crippen molar-refractivity contribution >= 4 is 33.7 Å². The molecule has 126 valence electrons. The van der Waals surface area contributed by atoms with Crippen LogP contribution in [0, 0.1) is 13.8 Å². The van der Waals surface area contributed by atoms with Crippen molar-refractivity contribution in [3.8, 4) is 0 Å². The number of hydrogen-bond acceptors (Lipinski definition) is 4. The fourth-order valence-electron chi connectivity index (χ4n) is 3.11. The molecule has 1 saturated carbocycles. The highest BCUT2D eigenvalue weighted by atomic mass is 35.5. The van der Waals surface area contributed by atoms with Crippen molar-refractivity contribution in [3.05, 3.63) is 47.2 Å². The van der Waals surface area contributed by atoms with Gasteiger partial charge in [0.05, 0.1) is 4.90 Å². The van der Waals surface area contributed by atoms with Gasteiger partial charge < -0.3 is 4.90 Å². The van der Waals surface area contributed by atoms with Gasteiger partial charge in [-0.3, -0.25) is 4.99 Å². The fourth-order valence-corrected chi connectivity index (χ4v) is 4.97. The second-order valence-corrected chi connectivity index (χ2v) is 8.55. The number of fused-ring (bicyclic) bond motifs is 1. The van der Waals surface area contributed by atoms with Gasteiger partial charge >= 0.3 is 0 Å². The lowest BCUT2D eigenvalue weighted by molar-refractivity contribution is 0.584. The average Bonchev–Trinajstić information content (AvgIpc) is 3.29. The molecule has 2 aliphatic rings. The SMILES string of the molecule is Cc1ccc(S(=O)(=O)n2c(C)cc3c2N(C2CC2)C(Cl)N=C3)cc1. The van der Waals surface area contributed by atoms with Crippen LogP contribution < -0.4 is 4.90 Å². The van der Waals surface area contributed by atoms with Crippen molar-refractivity contribution in [1.82, 2.24) is 3.97 Å². The molecule has 7 heteroatoms. The van der Waals surface area contributed by atoms with Gasteiger partial charge in [-0.15, -0.1) is 0 Å². The molecule has 4 rings (SSSR count). The molecule has 2 heterocycles. The lowest BCUT2D eigenvalue weighted by atomic mass is 10.2. The maximum atomic E-state index is 13.2. The number of benzene rings is 1. The minimum absolute atomic E-state index is 0.255. The second kappa shape index (κ2) is 5.36. The zero-order chi connectivity index (χ0) is 17.1. The molecule has 1 unspecified atom stereocenters. The smallest absolute Gasteiger partial charge is 0.269 e. The first-order valence-corrected chi connectivity index (χ1v) is 9.77. The van der Waals surface area contributed by atoms with E-state index in [0.29, 0.717) is 11.5 Å². The number of aromatic nitrogens is 1. The van der Waals surface area contributed by atoms with E-state index in [1.165, 1.54) is 3.97 Å². The summed E-state index contributed by atoms with van der Waals surface area (Å²) in [5.41, 5.74) is 1.91. The van der Waals surface area contributed by atoms with Crippen molar-refractivity contribution < 1.29 is 8.42 Å². The summed E-state index contributed by atoms with van der Waals surface area (Å²) in [6, 6.07) is 9.01. The lowest BCUT2D eigenvalue weighted by Gasteiger charge is -2.31. The van der Waals surface area contributed by atoms with Gasteiger partial charge in [-0.2, -0.15) is 0 Å². The molecule has 1 fully saturated rings. The monoisotopic (exact) mass is 363 g/mol. The minimum atomic E-state index is -3.69. The van der Waals surface area contributed by atoms with E-state index in [-0.39, 0.29) is 10.9 Å². The maximum Gasteiger partial charge on any atom is 0.269 e. The van der Waals surface area contributed by atoms with Crippen LogP contribution in [-0.4, -0.2) is 30.3 Å². The van der Waals surface area contributed by atoms with Gasteiger partial charge in [0, 0.05) is 23.5 Å². The predicted molar refractivity (Wildman–Crippen MR) is 95.7 cm³/mol. The quantitative estimate of drug-likeness (QED) is 0.621. The highest BCUT2D eigenvalue weighted by Crippen LogP contribution is 2.41. The van der Waals surface area contributed by atoms with E-state index in [1.54, 1.807) is 25.3 Å². The number of halogens is 1. The molecule has 0 N–H and O–H groups in total. The highest BCUT2D eigenvalue weighted by molar-refractivity contribution is 7.90. The normalized spacial score (nSPS) is 20.3. The van der Waals surface area contributed by atoms with E-state index in [9.17, 15) is 8.42 Å². The van der Waals surface area contributed by atoms with E-state index in [4.69, 9.17) is 11.6 Å². The predicted octanol–water partition coefficient (Wildman–Crippen LogP) is 3.27. The summed E-state index contributed by atoms with van der Waals surface area (Å²) in [6.07, 6.45) is 3.68. The Morgan fingerprint density at radius 3 is 2.46 bits per heavy atom. The van der Waals surface area contributed by atoms with E-state index in [0.717, 1.165) is 24.0 Å². The van der Waals surface area contributed by atoms with Crippen molar-refractivity contribution in [2.24, 2.45) is 4.99 Å². The summed E-state index contributed by atoms with van der Waals surface area (Å²) < 4.78 is 27.9. The summed E-state index contributed by atoms with van der Waals surface area (Å²) in [4.78, 5) is 6.50. The van der Waals surface area contributed by atoms with E-state index < -0.39 is 15.6 Å². The average molecular weight is 364 g/mol. The molecule has 0 saturated heterocycles. The Bertz CT molecular complexity index is 927. The van der Waals surface area contributed by atoms with Gasteiger partial charge in [0.1, 0.15) is 5.82 Å². The third-order valence-electron chi connectivity index (χ3n) is 4.45. The van der Waals surface area contributed by atoms with Crippen LogP contribution in [0.4, 0.5) is 5.82 Å². The number of aryl methyl sites for hydroxylation is 2. The summed E-state index contributed by atoms with van der Waals surface area (Å²) in [5.74, 6) is 0.630. The summed E-state index contributed by atoms with van der Waals surface area (Å²) in [6.45, 7) is 3.73. The molecule has 0 bridgehead atoms. The first-order valence-electron chi connectivity index (χ1n) is 7.90. The van der Waals surface area contributed by atoms with Crippen LogP contribution in [-0.2, 0) is 10.0 Å². The Morgan fingerprint density at radius 1 is 1.17 bits per heavy atom. The molecule has 1 aromatic carbocycles. The van der Waals surface area contributed by atoms with Crippen molar-refractivity contribution in [3.63, 3.8) is 0 Å². The van der Waals surface area contributed by atoms with Gasteiger partial charge in [0.15, 0.2) is 5.62 Å². The van der Waals surface area contributed by atoms with E-state index >= 15 is 0 Å². The molecule has 0 spiro atoms. The molecule has 1 aliphatic heterocycles. The molecule has 24 heavy (non-hydrogen) atoms. The van der Waals surface area contributed by atoms with Crippen LogP contribution in [0.15, 0.2) is 40.2 Å². The molecule has 5 nitrogen and oxygen atoms in total. The minimum Gasteiger partial charge on any atom is -0.319 e. The number of nitrogens with zero attached hydrogens (tertiary/aromatic N) is 3. The van der Waals surface area contributed by atoms with Crippen LogP contribution in [0.3, 0.4) is 0 Å². The fraction of sp³-hybridized carbons (Fsp3) is 0.353. The Kier molecular flexibility index (Phi) is 3.51. The Labute approximate surface area is 146 Å². The molecule has 0 amide bonds. The molecule has 1 aromatic heterocycles. The van der Waals surface area contributed by atoms with Crippen molar-refractivity contribution in [1.29, 1.82) is 0 Å². The number of rotatable bonds is 3. The zero-order valence-corrected chi connectivity index (χ0v) is 15.0. The first-order chi connectivity index (χ1) is 11.4. The zero-order valence-electron chi connectivity index (χ0n) is 13.5.